The molecular weight excluding hydrogens is 146 g/mol. The average Bonchev–Trinajstić information content (AvgIpc) is 2.46. The minimum atomic E-state index is 0.488. The van der Waals surface area contributed by atoms with Gasteiger partial charge in [0.15, 0.2) is 0 Å². The van der Waals surface area contributed by atoms with Crippen molar-refractivity contribution < 1.29 is 4.74 Å². The van der Waals surface area contributed by atoms with Gasteiger partial charge in [0.05, 0.1) is 6.61 Å². The van der Waals surface area contributed by atoms with Crippen LogP contribution in [0.25, 0.3) is 0 Å². The van der Waals surface area contributed by atoms with Crippen LogP contribution >= 0.6 is 12.8 Å². The summed E-state index contributed by atoms with van der Waals surface area (Å²) >= 11 is 4.32. The summed E-state index contributed by atoms with van der Waals surface area (Å²) in [5.41, 5.74) is 0.488. The van der Waals surface area contributed by atoms with Gasteiger partial charge in [-0.15, -0.1) is 0 Å². The highest BCUT2D eigenvalue weighted by Gasteiger charge is 2.40. The molecule has 0 bridgehead atoms. The van der Waals surface area contributed by atoms with Crippen molar-refractivity contribution >= 4 is 12.8 Å². The van der Waals surface area contributed by atoms with Gasteiger partial charge in [0.2, 0.25) is 0 Å². The summed E-state index contributed by atoms with van der Waals surface area (Å²) in [4.78, 5) is 0. The van der Waals surface area contributed by atoms with E-state index in [-0.39, 0.29) is 0 Å². The Bertz CT molecular complexity index is 134. The maximum Gasteiger partial charge on any atom is 0.0536 e. The van der Waals surface area contributed by atoms with Gasteiger partial charge in [-0.25, -0.2) is 0 Å². The van der Waals surface area contributed by atoms with Crippen LogP contribution < -0.4 is 0 Å². The second-order valence-corrected chi connectivity index (χ2v) is 4.01. The summed E-state index contributed by atoms with van der Waals surface area (Å²) in [5, 5.41) is 0. The van der Waals surface area contributed by atoms with Gasteiger partial charge in [0.1, 0.15) is 0 Å². The molecule has 3 heteroatoms. The summed E-state index contributed by atoms with van der Waals surface area (Å²) < 4.78 is 7.48. The van der Waals surface area contributed by atoms with Crippen LogP contribution in [0.2, 0.25) is 0 Å². The molecule has 0 aliphatic carbocycles. The largest absolute Gasteiger partial charge is 0.381 e. The fourth-order valence-electron chi connectivity index (χ4n) is 1.88. The third kappa shape index (κ3) is 1.06. The average molecular weight is 159 g/mol. The van der Waals surface area contributed by atoms with E-state index in [2.05, 4.69) is 17.1 Å². The van der Waals surface area contributed by atoms with Gasteiger partial charge in [-0.05, 0) is 12.8 Å². The Morgan fingerprint density at radius 1 is 1.40 bits per heavy atom. The van der Waals surface area contributed by atoms with Crippen molar-refractivity contribution in [2.75, 3.05) is 26.3 Å². The molecule has 0 N–H and O–H groups in total. The molecule has 0 aromatic carbocycles. The first-order valence-electron chi connectivity index (χ1n) is 3.82. The molecular formula is C7H13NOS. The van der Waals surface area contributed by atoms with Gasteiger partial charge >= 0.3 is 0 Å². The van der Waals surface area contributed by atoms with E-state index < -0.39 is 0 Å². The zero-order valence-corrected chi connectivity index (χ0v) is 6.94. The van der Waals surface area contributed by atoms with Crippen molar-refractivity contribution in [1.82, 2.24) is 4.31 Å². The minimum Gasteiger partial charge on any atom is -0.381 e. The molecule has 2 nitrogen and oxygen atoms in total. The number of hydrogen-bond acceptors (Lipinski definition) is 3. The number of rotatable bonds is 0. The second kappa shape index (κ2) is 2.40. The minimum absolute atomic E-state index is 0.488. The number of hydrogen-bond donors (Lipinski definition) is 1. The molecule has 2 aliphatic rings. The predicted molar refractivity (Wildman–Crippen MR) is 43.0 cm³/mol. The smallest absolute Gasteiger partial charge is 0.0536 e. The van der Waals surface area contributed by atoms with Crippen molar-refractivity contribution in [1.29, 1.82) is 0 Å². The monoisotopic (exact) mass is 159 g/mol. The Labute approximate surface area is 67.1 Å². The Morgan fingerprint density at radius 3 is 2.80 bits per heavy atom. The van der Waals surface area contributed by atoms with Crippen LogP contribution in [0, 0.1) is 5.41 Å². The Balaban J connectivity index is 2.03. The fourth-order valence-corrected chi connectivity index (χ4v) is 2.28. The SMILES string of the molecule is SN1CCC2(CCOC2)C1. The van der Waals surface area contributed by atoms with Gasteiger partial charge in [0, 0.05) is 25.1 Å². The zero-order valence-electron chi connectivity index (χ0n) is 6.05. The first kappa shape index (κ1) is 6.95. The first-order chi connectivity index (χ1) is 4.81. The fraction of sp³-hybridized carbons (Fsp3) is 1.00. The summed E-state index contributed by atoms with van der Waals surface area (Å²) in [7, 11) is 0. The normalized spacial score (nSPS) is 41.7. The molecule has 0 aromatic heterocycles. The Hall–Kier alpha value is 0.270. The lowest BCUT2D eigenvalue weighted by atomic mass is 9.87. The van der Waals surface area contributed by atoms with Crippen molar-refractivity contribution in [2.45, 2.75) is 12.8 Å². The van der Waals surface area contributed by atoms with E-state index in [1.54, 1.807) is 0 Å². The van der Waals surface area contributed by atoms with Crippen molar-refractivity contribution in [3.8, 4) is 0 Å². The van der Waals surface area contributed by atoms with Gasteiger partial charge in [-0.3, -0.25) is 4.31 Å². The third-order valence-corrected chi connectivity index (χ3v) is 2.94. The molecule has 1 atom stereocenters. The van der Waals surface area contributed by atoms with Crippen LogP contribution in [0.1, 0.15) is 12.8 Å². The van der Waals surface area contributed by atoms with Crippen molar-refractivity contribution in [3.05, 3.63) is 0 Å². The number of thiol groups is 1. The number of ether oxygens (including phenoxy) is 1. The molecule has 58 valence electrons. The van der Waals surface area contributed by atoms with Gasteiger partial charge in [-0.2, -0.15) is 0 Å². The molecule has 1 spiro atoms. The van der Waals surface area contributed by atoms with Crippen LogP contribution in [-0.4, -0.2) is 30.6 Å². The zero-order chi connectivity index (χ0) is 7.03. The van der Waals surface area contributed by atoms with Crippen LogP contribution in [-0.2, 0) is 4.74 Å². The van der Waals surface area contributed by atoms with E-state index in [0.29, 0.717) is 5.41 Å². The lowest BCUT2D eigenvalue weighted by Crippen LogP contribution is -2.23. The maximum atomic E-state index is 5.37. The van der Waals surface area contributed by atoms with E-state index in [0.717, 1.165) is 26.3 Å². The van der Waals surface area contributed by atoms with Crippen LogP contribution in [0.4, 0.5) is 0 Å². The highest BCUT2D eigenvalue weighted by Crippen LogP contribution is 2.38. The molecule has 0 aromatic rings. The van der Waals surface area contributed by atoms with Crippen molar-refractivity contribution in [3.63, 3.8) is 0 Å². The van der Waals surface area contributed by atoms with Crippen LogP contribution in [0.3, 0.4) is 0 Å². The summed E-state index contributed by atoms with van der Waals surface area (Å²) in [6, 6.07) is 0. The summed E-state index contributed by atoms with van der Waals surface area (Å²) in [6.07, 6.45) is 2.51. The number of nitrogens with zero attached hydrogens (tertiary/aromatic N) is 1. The lowest BCUT2D eigenvalue weighted by molar-refractivity contribution is 0.158. The van der Waals surface area contributed by atoms with E-state index in [4.69, 9.17) is 4.74 Å². The molecule has 0 amide bonds. The highest BCUT2D eigenvalue weighted by atomic mass is 32.1. The second-order valence-electron chi connectivity index (χ2n) is 3.44. The van der Waals surface area contributed by atoms with E-state index in [9.17, 15) is 0 Å². The molecule has 2 saturated heterocycles. The van der Waals surface area contributed by atoms with E-state index in [1.165, 1.54) is 12.8 Å². The van der Waals surface area contributed by atoms with Gasteiger partial charge < -0.3 is 4.74 Å². The molecule has 1 unspecified atom stereocenters. The first-order valence-corrected chi connectivity index (χ1v) is 4.22. The van der Waals surface area contributed by atoms with Crippen LogP contribution in [0.5, 0.6) is 0 Å². The van der Waals surface area contributed by atoms with Crippen LogP contribution in [0.15, 0.2) is 0 Å². The summed E-state index contributed by atoms with van der Waals surface area (Å²) in [6.45, 7) is 4.17. The van der Waals surface area contributed by atoms with Gasteiger partial charge in [0.25, 0.3) is 0 Å². The summed E-state index contributed by atoms with van der Waals surface area (Å²) in [5.74, 6) is 0. The maximum absolute atomic E-state index is 5.37. The molecule has 2 rings (SSSR count). The topological polar surface area (TPSA) is 12.5 Å². The molecule has 10 heavy (non-hydrogen) atoms. The Morgan fingerprint density at radius 2 is 2.30 bits per heavy atom. The molecule has 0 saturated carbocycles. The molecule has 2 heterocycles. The third-order valence-electron chi connectivity index (χ3n) is 2.60. The molecule has 0 radical (unpaired) electrons. The van der Waals surface area contributed by atoms with Gasteiger partial charge in [-0.1, -0.05) is 12.8 Å². The molecule has 2 fully saturated rings. The van der Waals surface area contributed by atoms with Crippen molar-refractivity contribution in [2.24, 2.45) is 5.41 Å². The predicted octanol–water partition coefficient (Wildman–Crippen LogP) is 0.944. The molecule has 2 aliphatic heterocycles. The highest BCUT2D eigenvalue weighted by molar-refractivity contribution is 7.77. The quantitative estimate of drug-likeness (QED) is 0.528. The van der Waals surface area contributed by atoms with E-state index in [1.807, 2.05) is 0 Å². The standard InChI is InChI=1S/C7H13NOS/c10-8-3-1-7(5-8)2-4-9-6-7/h10H,1-6H2. The lowest BCUT2D eigenvalue weighted by Gasteiger charge is -2.18. The van der Waals surface area contributed by atoms with E-state index >= 15 is 0 Å². The Kier molecular flexibility index (Phi) is 1.66.